The summed E-state index contributed by atoms with van der Waals surface area (Å²) >= 11 is 3.09. The second-order valence-corrected chi connectivity index (χ2v) is 9.66. The van der Waals surface area contributed by atoms with Crippen LogP contribution < -0.4 is 10.0 Å². The number of hydrogen-bond donors (Lipinski definition) is 2. The largest absolute Gasteiger partial charge is 0.330 e. The highest BCUT2D eigenvalue weighted by molar-refractivity contribution is 8.01. The molecule has 0 aliphatic rings. The second kappa shape index (κ2) is 8.80. The molecule has 0 aliphatic heterocycles. The topological polar surface area (TPSA) is 84.0 Å². The van der Waals surface area contributed by atoms with E-state index in [0.29, 0.717) is 6.54 Å². The van der Waals surface area contributed by atoms with Crippen LogP contribution >= 0.6 is 23.1 Å². The van der Waals surface area contributed by atoms with E-state index in [1.54, 1.807) is 18.7 Å². The Kier molecular flexibility index (Phi) is 7.02. The fourth-order valence-corrected chi connectivity index (χ4v) is 4.32. The van der Waals surface area contributed by atoms with Crippen LogP contribution in [0.1, 0.15) is 24.5 Å². The van der Waals surface area contributed by atoms with Crippen LogP contribution in [0.25, 0.3) is 0 Å². The summed E-state index contributed by atoms with van der Waals surface area (Å²) in [4.78, 5) is 0. The van der Waals surface area contributed by atoms with E-state index in [0.717, 1.165) is 27.3 Å². The minimum absolute atomic E-state index is 0.115. The number of anilines is 2. The maximum absolute atomic E-state index is 11.3. The number of hydrogen-bond acceptors (Lipinski definition) is 7. The van der Waals surface area contributed by atoms with Crippen molar-refractivity contribution in [2.45, 2.75) is 31.5 Å². The monoisotopic (exact) mass is 386 g/mol. The smallest absolute Gasteiger partial charge is 0.211 e. The molecule has 2 rings (SSSR count). The Morgan fingerprint density at radius 2 is 2.04 bits per heavy atom. The first-order valence-electron chi connectivity index (χ1n) is 7.68. The molecule has 0 aliphatic carbocycles. The van der Waals surface area contributed by atoms with E-state index in [1.165, 1.54) is 22.5 Å². The quantitative estimate of drug-likeness (QED) is 0.508. The molecule has 132 valence electrons. The van der Waals surface area contributed by atoms with Gasteiger partial charge in [0.15, 0.2) is 4.34 Å². The molecule has 2 N–H and O–H groups in total. The normalized spacial score (nSPS) is 11.6. The molecule has 2 aromatic rings. The lowest BCUT2D eigenvalue weighted by atomic mass is 10.1. The number of sulfonamides is 1. The highest BCUT2D eigenvalue weighted by Crippen LogP contribution is 2.29. The third-order valence-electron chi connectivity index (χ3n) is 3.50. The SMILES string of the molecule is CCS(=O)(=O)NCCCSc1nnc(Nc2cccc(C)c2C)s1. The molecule has 0 spiro atoms. The van der Waals surface area contributed by atoms with Gasteiger partial charge in [0, 0.05) is 18.0 Å². The Balaban J connectivity index is 1.80. The lowest BCUT2D eigenvalue weighted by Gasteiger charge is -2.08. The first-order chi connectivity index (χ1) is 11.4. The summed E-state index contributed by atoms with van der Waals surface area (Å²) in [6.45, 7) is 6.23. The van der Waals surface area contributed by atoms with Crippen LogP contribution in [0.15, 0.2) is 22.5 Å². The fraction of sp³-hybridized carbons (Fsp3) is 0.467. The summed E-state index contributed by atoms with van der Waals surface area (Å²) in [5.41, 5.74) is 3.47. The van der Waals surface area contributed by atoms with Crippen molar-refractivity contribution in [3.63, 3.8) is 0 Å². The van der Waals surface area contributed by atoms with Crippen molar-refractivity contribution >= 4 is 43.9 Å². The number of aromatic nitrogens is 2. The summed E-state index contributed by atoms with van der Waals surface area (Å²) in [6, 6.07) is 6.11. The lowest BCUT2D eigenvalue weighted by molar-refractivity contribution is 0.582. The van der Waals surface area contributed by atoms with Gasteiger partial charge in [0.05, 0.1) is 5.75 Å². The molecule has 1 aromatic heterocycles. The predicted molar refractivity (Wildman–Crippen MR) is 102 cm³/mol. The van der Waals surface area contributed by atoms with Crippen LogP contribution in [-0.2, 0) is 10.0 Å². The average molecular weight is 387 g/mol. The van der Waals surface area contributed by atoms with Crippen LogP contribution in [0.2, 0.25) is 0 Å². The number of rotatable bonds is 9. The molecule has 9 heteroatoms. The van der Waals surface area contributed by atoms with Gasteiger partial charge in [-0.1, -0.05) is 35.2 Å². The molecule has 0 radical (unpaired) electrons. The third kappa shape index (κ3) is 5.73. The van der Waals surface area contributed by atoms with Crippen LogP contribution in [0.3, 0.4) is 0 Å². The zero-order valence-corrected chi connectivity index (χ0v) is 16.4. The molecular formula is C15H22N4O2S3. The molecule has 1 aromatic carbocycles. The van der Waals surface area contributed by atoms with E-state index in [9.17, 15) is 8.42 Å². The van der Waals surface area contributed by atoms with Crippen molar-refractivity contribution < 1.29 is 8.42 Å². The molecule has 1 heterocycles. The zero-order valence-electron chi connectivity index (χ0n) is 14.0. The van der Waals surface area contributed by atoms with E-state index in [1.807, 2.05) is 12.1 Å². The number of thioether (sulfide) groups is 1. The molecule has 0 unspecified atom stereocenters. The summed E-state index contributed by atoms with van der Waals surface area (Å²) in [7, 11) is -3.10. The average Bonchev–Trinajstić information content (AvgIpc) is 2.99. The van der Waals surface area contributed by atoms with Crippen molar-refractivity contribution in [3.8, 4) is 0 Å². The first kappa shape index (κ1) is 19.2. The molecule has 0 saturated heterocycles. The van der Waals surface area contributed by atoms with Crippen molar-refractivity contribution in [1.82, 2.24) is 14.9 Å². The first-order valence-corrected chi connectivity index (χ1v) is 11.1. The summed E-state index contributed by atoms with van der Waals surface area (Å²) in [6.07, 6.45) is 0.753. The van der Waals surface area contributed by atoms with Crippen LogP contribution in [-0.4, -0.2) is 36.7 Å². The molecule has 0 bridgehead atoms. The van der Waals surface area contributed by atoms with Crippen LogP contribution in [0.5, 0.6) is 0 Å². The van der Waals surface area contributed by atoms with E-state index in [4.69, 9.17) is 0 Å². The van der Waals surface area contributed by atoms with Gasteiger partial charge in [-0.15, -0.1) is 10.2 Å². The van der Waals surface area contributed by atoms with Gasteiger partial charge in [0.25, 0.3) is 0 Å². The molecule has 0 fully saturated rings. The minimum atomic E-state index is -3.10. The van der Waals surface area contributed by atoms with Gasteiger partial charge in [0.1, 0.15) is 0 Å². The van der Waals surface area contributed by atoms with Gasteiger partial charge in [-0.3, -0.25) is 0 Å². The minimum Gasteiger partial charge on any atom is -0.330 e. The lowest BCUT2D eigenvalue weighted by Crippen LogP contribution is -2.26. The molecule has 0 atom stereocenters. The molecule has 0 saturated carbocycles. The van der Waals surface area contributed by atoms with Gasteiger partial charge in [0.2, 0.25) is 15.2 Å². The van der Waals surface area contributed by atoms with Gasteiger partial charge in [-0.25, -0.2) is 13.1 Å². The summed E-state index contributed by atoms with van der Waals surface area (Å²) in [5, 5.41) is 12.4. The summed E-state index contributed by atoms with van der Waals surface area (Å²) < 4.78 is 26.1. The second-order valence-electron chi connectivity index (χ2n) is 5.25. The van der Waals surface area contributed by atoms with E-state index in [2.05, 4.69) is 40.2 Å². The van der Waals surface area contributed by atoms with Crippen molar-refractivity contribution in [3.05, 3.63) is 29.3 Å². The van der Waals surface area contributed by atoms with Gasteiger partial charge in [-0.2, -0.15) is 0 Å². The van der Waals surface area contributed by atoms with Crippen LogP contribution in [0.4, 0.5) is 10.8 Å². The fourth-order valence-electron chi connectivity index (χ4n) is 1.88. The Morgan fingerprint density at radius 3 is 2.79 bits per heavy atom. The highest BCUT2D eigenvalue weighted by atomic mass is 32.2. The molecule has 0 amide bonds. The summed E-state index contributed by atoms with van der Waals surface area (Å²) in [5.74, 6) is 0.911. The Bertz CT molecular complexity index is 775. The van der Waals surface area contributed by atoms with Crippen molar-refractivity contribution in [2.75, 3.05) is 23.4 Å². The van der Waals surface area contributed by atoms with Gasteiger partial charge in [-0.05, 0) is 44.4 Å². The van der Waals surface area contributed by atoms with Crippen molar-refractivity contribution in [2.24, 2.45) is 0 Å². The van der Waals surface area contributed by atoms with Gasteiger partial charge >= 0.3 is 0 Å². The van der Waals surface area contributed by atoms with Crippen molar-refractivity contribution in [1.29, 1.82) is 0 Å². The Hall–Kier alpha value is -1.16. The molecular weight excluding hydrogens is 364 g/mol. The van der Waals surface area contributed by atoms with Crippen LogP contribution in [0, 0.1) is 13.8 Å². The number of aryl methyl sites for hydroxylation is 1. The Labute approximate surface area is 151 Å². The van der Waals surface area contributed by atoms with E-state index in [-0.39, 0.29) is 5.75 Å². The number of benzene rings is 1. The Morgan fingerprint density at radius 1 is 1.25 bits per heavy atom. The number of nitrogens with zero attached hydrogens (tertiary/aromatic N) is 2. The predicted octanol–water partition coefficient (Wildman–Crippen LogP) is 3.32. The zero-order chi connectivity index (χ0) is 17.6. The van der Waals surface area contributed by atoms with Gasteiger partial charge < -0.3 is 5.32 Å². The van der Waals surface area contributed by atoms with E-state index < -0.39 is 10.0 Å². The molecule has 6 nitrogen and oxygen atoms in total. The molecule has 24 heavy (non-hydrogen) atoms. The third-order valence-corrected chi connectivity index (χ3v) is 6.96. The standard InChI is InChI=1S/C15H22N4O2S3/c1-4-24(20,21)16-9-6-10-22-15-19-18-14(23-15)17-13-8-5-7-11(2)12(13)3/h5,7-8,16H,4,6,9-10H2,1-3H3,(H,17,18). The number of nitrogens with one attached hydrogen (secondary N) is 2. The van der Waals surface area contributed by atoms with E-state index >= 15 is 0 Å². The highest BCUT2D eigenvalue weighted by Gasteiger charge is 2.08. The maximum Gasteiger partial charge on any atom is 0.211 e. The maximum atomic E-state index is 11.3.